The molecular formula is C13H23N3. The van der Waals surface area contributed by atoms with Crippen LogP contribution in [0.2, 0.25) is 0 Å². The Labute approximate surface area is 98.2 Å². The average molecular weight is 221 g/mol. The van der Waals surface area contributed by atoms with Crippen LogP contribution in [0.3, 0.4) is 0 Å². The van der Waals surface area contributed by atoms with Gasteiger partial charge in [-0.25, -0.2) is 0 Å². The Kier molecular flexibility index (Phi) is 3.64. The molecular weight excluding hydrogens is 198 g/mol. The van der Waals surface area contributed by atoms with E-state index in [4.69, 9.17) is 0 Å². The summed E-state index contributed by atoms with van der Waals surface area (Å²) in [6.45, 7) is 5.43. The van der Waals surface area contributed by atoms with E-state index in [2.05, 4.69) is 30.5 Å². The van der Waals surface area contributed by atoms with Gasteiger partial charge in [0.1, 0.15) is 0 Å². The van der Waals surface area contributed by atoms with Crippen LogP contribution in [-0.4, -0.2) is 15.8 Å². The molecule has 0 aliphatic heterocycles. The van der Waals surface area contributed by atoms with Crippen LogP contribution in [0.15, 0.2) is 6.20 Å². The van der Waals surface area contributed by atoms with Gasteiger partial charge in [-0.2, -0.15) is 5.10 Å². The zero-order valence-corrected chi connectivity index (χ0v) is 10.7. The molecule has 0 spiro atoms. The second kappa shape index (κ2) is 5.00. The third-order valence-electron chi connectivity index (χ3n) is 3.51. The van der Waals surface area contributed by atoms with Gasteiger partial charge in [0, 0.05) is 31.4 Å². The van der Waals surface area contributed by atoms with Gasteiger partial charge in [-0.1, -0.05) is 13.8 Å². The number of hydrogen-bond acceptors (Lipinski definition) is 2. The smallest absolute Gasteiger partial charge is 0.0666 e. The summed E-state index contributed by atoms with van der Waals surface area (Å²) < 4.78 is 1.92. The largest absolute Gasteiger partial charge is 0.310 e. The Hall–Kier alpha value is -0.830. The highest BCUT2D eigenvalue weighted by Gasteiger charge is 2.29. The number of aryl methyl sites for hydroxylation is 2. The SMILES string of the molecule is CCc1nn(C)cc1CNC(CC)C1CC1. The standard InChI is InChI=1S/C13H23N3/c1-4-12(10-6-7-10)14-8-11-9-16(3)15-13(11)5-2/h9-10,12,14H,4-8H2,1-3H3. The van der Waals surface area contributed by atoms with Crippen molar-refractivity contribution in [3.05, 3.63) is 17.5 Å². The first-order chi connectivity index (χ1) is 7.74. The first kappa shape index (κ1) is 11.6. The fourth-order valence-corrected chi connectivity index (χ4v) is 2.41. The summed E-state index contributed by atoms with van der Waals surface area (Å²) in [7, 11) is 2.00. The highest BCUT2D eigenvalue weighted by atomic mass is 15.3. The van der Waals surface area contributed by atoms with Crippen LogP contribution in [0.25, 0.3) is 0 Å². The van der Waals surface area contributed by atoms with Gasteiger partial charge in [0.2, 0.25) is 0 Å². The molecule has 1 atom stereocenters. The summed E-state index contributed by atoms with van der Waals surface area (Å²) in [4.78, 5) is 0. The molecule has 0 saturated heterocycles. The van der Waals surface area contributed by atoms with Crippen molar-refractivity contribution in [3.8, 4) is 0 Å². The van der Waals surface area contributed by atoms with Gasteiger partial charge in [0.25, 0.3) is 0 Å². The number of hydrogen-bond donors (Lipinski definition) is 1. The molecule has 1 aromatic heterocycles. The van der Waals surface area contributed by atoms with E-state index in [1.165, 1.54) is 30.5 Å². The van der Waals surface area contributed by atoms with E-state index in [-0.39, 0.29) is 0 Å². The van der Waals surface area contributed by atoms with Gasteiger partial charge in [-0.05, 0) is 31.6 Å². The lowest BCUT2D eigenvalue weighted by molar-refractivity contribution is 0.448. The molecule has 0 bridgehead atoms. The Bertz CT molecular complexity index is 339. The van der Waals surface area contributed by atoms with Crippen LogP contribution < -0.4 is 5.32 Å². The predicted octanol–water partition coefficient (Wildman–Crippen LogP) is 2.26. The topological polar surface area (TPSA) is 29.9 Å². The molecule has 1 N–H and O–H groups in total. The third-order valence-corrected chi connectivity index (χ3v) is 3.51. The lowest BCUT2D eigenvalue weighted by atomic mass is 10.1. The first-order valence-corrected chi connectivity index (χ1v) is 6.49. The van der Waals surface area contributed by atoms with Crippen molar-refractivity contribution >= 4 is 0 Å². The summed E-state index contributed by atoms with van der Waals surface area (Å²) >= 11 is 0. The molecule has 1 saturated carbocycles. The maximum absolute atomic E-state index is 4.47. The number of aromatic nitrogens is 2. The quantitative estimate of drug-likeness (QED) is 0.798. The Morgan fingerprint density at radius 2 is 2.25 bits per heavy atom. The molecule has 2 rings (SSSR count). The van der Waals surface area contributed by atoms with Crippen LogP contribution in [0.4, 0.5) is 0 Å². The van der Waals surface area contributed by atoms with Crippen molar-refractivity contribution in [2.45, 2.75) is 52.1 Å². The molecule has 1 heterocycles. The summed E-state index contributed by atoms with van der Waals surface area (Å²) in [5.74, 6) is 0.937. The summed E-state index contributed by atoms with van der Waals surface area (Å²) in [5, 5.41) is 8.15. The van der Waals surface area contributed by atoms with Crippen LogP contribution in [0.5, 0.6) is 0 Å². The maximum atomic E-state index is 4.47. The van der Waals surface area contributed by atoms with Crippen molar-refractivity contribution in [3.63, 3.8) is 0 Å². The number of nitrogens with one attached hydrogen (secondary N) is 1. The lowest BCUT2D eigenvalue weighted by Gasteiger charge is -2.15. The fraction of sp³-hybridized carbons (Fsp3) is 0.769. The minimum Gasteiger partial charge on any atom is -0.310 e. The molecule has 90 valence electrons. The van der Waals surface area contributed by atoms with E-state index < -0.39 is 0 Å². The highest BCUT2D eigenvalue weighted by Crippen LogP contribution is 2.34. The normalized spacial score (nSPS) is 17.7. The monoisotopic (exact) mass is 221 g/mol. The molecule has 0 aromatic carbocycles. The summed E-state index contributed by atoms with van der Waals surface area (Å²) in [5.41, 5.74) is 2.60. The van der Waals surface area contributed by atoms with Crippen LogP contribution >= 0.6 is 0 Å². The molecule has 3 heteroatoms. The van der Waals surface area contributed by atoms with Crippen molar-refractivity contribution in [1.82, 2.24) is 15.1 Å². The fourth-order valence-electron chi connectivity index (χ4n) is 2.41. The zero-order valence-electron chi connectivity index (χ0n) is 10.7. The number of nitrogens with zero attached hydrogens (tertiary/aromatic N) is 2. The average Bonchev–Trinajstić information content (AvgIpc) is 3.04. The molecule has 16 heavy (non-hydrogen) atoms. The van der Waals surface area contributed by atoms with Crippen LogP contribution in [0.1, 0.15) is 44.4 Å². The van der Waals surface area contributed by atoms with E-state index in [0.717, 1.165) is 18.9 Å². The molecule has 1 aliphatic rings. The van der Waals surface area contributed by atoms with Crippen molar-refractivity contribution < 1.29 is 0 Å². The van der Waals surface area contributed by atoms with Crippen molar-refractivity contribution in [2.24, 2.45) is 13.0 Å². The molecule has 1 aliphatic carbocycles. The maximum Gasteiger partial charge on any atom is 0.0666 e. The van der Waals surface area contributed by atoms with E-state index in [0.29, 0.717) is 6.04 Å². The van der Waals surface area contributed by atoms with E-state index in [1.54, 1.807) is 0 Å². The molecule has 1 unspecified atom stereocenters. The second-order valence-corrected chi connectivity index (χ2v) is 4.86. The van der Waals surface area contributed by atoms with Gasteiger partial charge in [-0.15, -0.1) is 0 Å². The molecule has 1 aromatic rings. The second-order valence-electron chi connectivity index (χ2n) is 4.86. The van der Waals surface area contributed by atoms with Crippen LogP contribution in [0, 0.1) is 5.92 Å². The highest BCUT2D eigenvalue weighted by molar-refractivity contribution is 5.16. The van der Waals surface area contributed by atoms with E-state index in [1.807, 2.05) is 11.7 Å². The van der Waals surface area contributed by atoms with Gasteiger partial charge in [0.15, 0.2) is 0 Å². The summed E-state index contributed by atoms with van der Waals surface area (Å²) in [6, 6.07) is 0.713. The minimum atomic E-state index is 0.713. The van der Waals surface area contributed by atoms with E-state index >= 15 is 0 Å². The van der Waals surface area contributed by atoms with Gasteiger partial charge in [-0.3, -0.25) is 4.68 Å². The lowest BCUT2D eigenvalue weighted by Crippen LogP contribution is -2.29. The predicted molar refractivity (Wildman–Crippen MR) is 66.2 cm³/mol. The van der Waals surface area contributed by atoms with Gasteiger partial charge < -0.3 is 5.32 Å². The van der Waals surface area contributed by atoms with Crippen LogP contribution in [-0.2, 0) is 20.0 Å². The number of rotatable bonds is 6. The van der Waals surface area contributed by atoms with Crippen molar-refractivity contribution in [2.75, 3.05) is 0 Å². The third kappa shape index (κ3) is 2.64. The zero-order chi connectivity index (χ0) is 11.5. The molecule has 0 radical (unpaired) electrons. The molecule has 0 amide bonds. The van der Waals surface area contributed by atoms with E-state index in [9.17, 15) is 0 Å². The Morgan fingerprint density at radius 1 is 1.50 bits per heavy atom. The molecule has 1 fully saturated rings. The summed E-state index contributed by atoms with van der Waals surface area (Å²) in [6.07, 6.45) is 7.24. The first-order valence-electron chi connectivity index (χ1n) is 6.49. The molecule has 3 nitrogen and oxygen atoms in total. The Morgan fingerprint density at radius 3 is 2.81 bits per heavy atom. The van der Waals surface area contributed by atoms with Crippen molar-refractivity contribution in [1.29, 1.82) is 0 Å². The van der Waals surface area contributed by atoms with Gasteiger partial charge in [0.05, 0.1) is 5.69 Å². The Balaban J connectivity index is 1.92. The minimum absolute atomic E-state index is 0.713. The van der Waals surface area contributed by atoms with Gasteiger partial charge >= 0.3 is 0 Å².